The number of aromatic nitrogens is 2. The van der Waals surface area contributed by atoms with Gasteiger partial charge in [0, 0.05) is 17.6 Å². The van der Waals surface area contributed by atoms with Crippen LogP contribution in [0.1, 0.15) is 37.0 Å². The number of hydrogen-bond acceptors (Lipinski definition) is 7. The lowest BCUT2D eigenvalue weighted by molar-refractivity contribution is 0.128. The van der Waals surface area contributed by atoms with Crippen LogP contribution >= 0.6 is 11.3 Å². The Hall–Kier alpha value is -1.70. The maximum atomic E-state index is 5.47. The SMILES string of the molecule is CCOCc1nc(NN)cc(NC(CC)c2cccs2)n1. The first-order chi connectivity index (χ1) is 10.3. The van der Waals surface area contributed by atoms with Gasteiger partial charge in [-0.1, -0.05) is 13.0 Å². The molecule has 0 saturated carbocycles. The zero-order chi connectivity index (χ0) is 15.1. The Bertz CT molecular complexity index is 546. The Morgan fingerprint density at radius 1 is 1.33 bits per heavy atom. The number of hydrogen-bond donors (Lipinski definition) is 3. The van der Waals surface area contributed by atoms with Crippen LogP contribution in [0.25, 0.3) is 0 Å². The summed E-state index contributed by atoms with van der Waals surface area (Å²) in [5, 5.41) is 5.51. The summed E-state index contributed by atoms with van der Waals surface area (Å²) in [6, 6.07) is 6.20. The predicted molar refractivity (Wildman–Crippen MR) is 86.1 cm³/mol. The Morgan fingerprint density at radius 2 is 2.14 bits per heavy atom. The van der Waals surface area contributed by atoms with E-state index in [1.165, 1.54) is 4.88 Å². The van der Waals surface area contributed by atoms with Gasteiger partial charge < -0.3 is 15.5 Å². The minimum absolute atomic E-state index is 0.227. The lowest BCUT2D eigenvalue weighted by atomic mass is 10.2. The molecule has 1 unspecified atom stereocenters. The molecule has 0 aliphatic carbocycles. The fraction of sp³-hybridized carbons (Fsp3) is 0.429. The van der Waals surface area contributed by atoms with Gasteiger partial charge in [-0.15, -0.1) is 11.3 Å². The van der Waals surface area contributed by atoms with Crippen LogP contribution in [-0.2, 0) is 11.3 Å². The topological polar surface area (TPSA) is 85.1 Å². The molecule has 0 spiro atoms. The normalized spacial score (nSPS) is 12.1. The van der Waals surface area contributed by atoms with Crippen molar-refractivity contribution in [1.29, 1.82) is 0 Å². The Balaban J connectivity index is 2.17. The van der Waals surface area contributed by atoms with Gasteiger partial charge in [0.1, 0.15) is 18.2 Å². The Morgan fingerprint density at radius 3 is 2.76 bits per heavy atom. The van der Waals surface area contributed by atoms with E-state index < -0.39 is 0 Å². The van der Waals surface area contributed by atoms with Gasteiger partial charge in [-0.2, -0.15) is 0 Å². The van der Waals surface area contributed by atoms with Crippen molar-refractivity contribution in [2.24, 2.45) is 5.84 Å². The first-order valence-corrected chi connectivity index (χ1v) is 7.87. The molecule has 2 aromatic rings. The molecule has 0 aliphatic rings. The third kappa shape index (κ3) is 4.38. The van der Waals surface area contributed by atoms with Crippen molar-refractivity contribution in [3.05, 3.63) is 34.3 Å². The molecule has 2 aromatic heterocycles. The minimum atomic E-state index is 0.227. The van der Waals surface area contributed by atoms with Crippen LogP contribution in [0.3, 0.4) is 0 Å². The van der Waals surface area contributed by atoms with E-state index in [9.17, 15) is 0 Å². The summed E-state index contributed by atoms with van der Waals surface area (Å²) in [4.78, 5) is 10.0. The molecule has 21 heavy (non-hydrogen) atoms. The highest BCUT2D eigenvalue weighted by Gasteiger charge is 2.12. The molecule has 114 valence electrons. The first kappa shape index (κ1) is 15.7. The van der Waals surface area contributed by atoms with E-state index in [1.807, 2.05) is 6.92 Å². The number of nitrogens with one attached hydrogen (secondary N) is 2. The second-order valence-corrected chi connectivity index (χ2v) is 5.44. The van der Waals surface area contributed by atoms with E-state index >= 15 is 0 Å². The summed E-state index contributed by atoms with van der Waals surface area (Å²) in [5.74, 6) is 7.39. The van der Waals surface area contributed by atoms with Crippen molar-refractivity contribution in [3.8, 4) is 0 Å². The highest BCUT2D eigenvalue weighted by atomic mass is 32.1. The molecule has 0 amide bonds. The van der Waals surface area contributed by atoms with Crippen LogP contribution < -0.4 is 16.6 Å². The van der Waals surface area contributed by atoms with Crippen molar-refractivity contribution >= 4 is 23.0 Å². The molecule has 2 heterocycles. The maximum absolute atomic E-state index is 5.47. The van der Waals surface area contributed by atoms with Crippen LogP contribution in [0.2, 0.25) is 0 Å². The van der Waals surface area contributed by atoms with Crippen LogP contribution in [0.5, 0.6) is 0 Å². The van der Waals surface area contributed by atoms with Gasteiger partial charge in [0.2, 0.25) is 0 Å². The van der Waals surface area contributed by atoms with Crippen molar-refractivity contribution in [3.63, 3.8) is 0 Å². The van der Waals surface area contributed by atoms with Crippen molar-refractivity contribution in [2.75, 3.05) is 17.3 Å². The fourth-order valence-corrected chi connectivity index (χ4v) is 2.81. The maximum Gasteiger partial charge on any atom is 0.158 e. The summed E-state index contributed by atoms with van der Waals surface area (Å²) in [6.07, 6.45) is 0.969. The molecule has 0 fully saturated rings. The number of nitrogens with zero attached hydrogens (tertiary/aromatic N) is 2. The summed E-state index contributed by atoms with van der Waals surface area (Å²) in [6.45, 7) is 5.07. The third-order valence-corrected chi connectivity index (χ3v) is 3.96. The van der Waals surface area contributed by atoms with Crippen molar-refractivity contribution in [1.82, 2.24) is 9.97 Å². The van der Waals surface area contributed by atoms with Crippen molar-refractivity contribution < 1.29 is 4.74 Å². The molecular weight excluding hydrogens is 286 g/mol. The molecule has 1 atom stereocenters. The van der Waals surface area contributed by atoms with Crippen LogP contribution in [0, 0.1) is 0 Å². The van der Waals surface area contributed by atoms with Gasteiger partial charge in [-0.3, -0.25) is 0 Å². The largest absolute Gasteiger partial charge is 0.374 e. The second-order valence-electron chi connectivity index (χ2n) is 4.46. The predicted octanol–water partition coefficient (Wildman–Crippen LogP) is 2.92. The van der Waals surface area contributed by atoms with Crippen LogP contribution in [0.4, 0.5) is 11.6 Å². The van der Waals surface area contributed by atoms with E-state index in [0.29, 0.717) is 24.9 Å². The second kappa shape index (κ2) is 7.92. The molecule has 0 radical (unpaired) electrons. The molecule has 2 rings (SSSR count). The number of thiophene rings is 1. The lowest BCUT2D eigenvalue weighted by Crippen LogP contribution is -2.15. The van der Waals surface area contributed by atoms with Crippen molar-refractivity contribution in [2.45, 2.75) is 32.9 Å². The first-order valence-electron chi connectivity index (χ1n) is 6.99. The number of nitrogens with two attached hydrogens (primary N) is 1. The molecule has 4 N–H and O–H groups in total. The van der Waals surface area contributed by atoms with E-state index in [-0.39, 0.29) is 6.04 Å². The zero-order valence-electron chi connectivity index (χ0n) is 12.3. The molecule has 0 bridgehead atoms. The monoisotopic (exact) mass is 307 g/mol. The van der Waals surface area contributed by atoms with Gasteiger partial charge >= 0.3 is 0 Å². The zero-order valence-corrected chi connectivity index (χ0v) is 13.1. The average Bonchev–Trinajstić information content (AvgIpc) is 3.04. The van der Waals surface area contributed by atoms with E-state index in [2.05, 4.69) is 45.1 Å². The number of nitrogen functional groups attached to an aromatic ring is 1. The third-order valence-electron chi connectivity index (χ3n) is 2.97. The lowest BCUT2D eigenvalue weighted by Gasteiger charge is -2.17. The number of hydrazine groups is 1. The molecular formula is C14H21N5OS. The van der Waals surface area contributed by atoms with Gasteiger partial charge in [0.05, 0.1) is 6.04 Å². The summed E-state index contributed by atoms with van der Waals surface area (Å²) < 4.78 is 5.36. The van der Waals surface area contributed by atoms with Gasteiger partial charge in [-0.05, 0) is 24.8 Å². The van der Waals surface area contributed by atoms with Gasteiger partial charge in [0.25, 0.3) is 0 Å². The Labute approximate surface area is 128 Å². The molecule has 7 heteroatoms. The van der Waals surface area contributed by atoms with Gasteiger partial charge in [-0.25, -0.2) is 15.8 Å². The van der Waals surface area contributed by atoms with Crippen LogP contribution in [0.15, 0.2) is 23.6 Å². The fourth-order valence-electron chi connectivity index (χ4n) is 1.95. The summed E-state index contributed by atoms with van der Waals surface area (Å²) in [5.41, 5.74) is 2.57. The summed E-state index contributed by atoms with van der Waals surface area (Å²) >= 11 is 1.73. The number of rotatable bonds is 8. The molecule has 6 nitrogen and oxygen atoms in total. The highest BCUT2D eigenvalue weighted by Crippen LogP contribution is 2.26. The smallest absolute Gasteiger partial charge is 0.158 e. The molecule has 0 saturated heterocycles. The highest BCUT2D eigenvalue weighted by molar-refractivity contribution is 7.10. The molecule has 0 aliphatic heterocycles. The minimum Gasteiger partial charge on any atom is -0.374 e. The quantitative estimate of drug-likeness (QED) is 0.513. The van der Waals surface area contributed by atoms with E-state index in [0.717, 1.165) is 12.2 Å². The molecule has 0 aromatic carbocycles. The van der Waals surface area contributed by atoms with E-state index in [1.54, 1.807) is 17.4 Å². The van der Waals surface area contributed by atoms with E-state index in [4.69, 9.17) is 10.6 Å². The van der Waals surface area contributed by atoms with Crippen LogP contribution in [-0.4, -0.2) is 16.6 Å². The van der Waals surface area contributed by atoms with Gasteiger partial charge in [0.15, 0.2) is 5.82 Å². The standard InChI is InChI=1S/C14H21N5OS/c1-3-10(11-6-5-7-21-11)16-12-8-13(19-15)18-14(17-12)9-20-4-2/h5-8,10H,3-4,9,15H2,1-2H3,(H2,16,17,18,19). The number of ether oxygens (including phenoxy) is 1. The number of anilines is 2. The summed E-state index contributed by atoms with van der Waals surface area (Å²) in [7, 11) is 0. The Kier molecular flexibility index (Phi) is 5.91. The average molecular weight is 307 g/mol.